The van der Waals surface area contributed by atoms with E-state index in [2.05, 4.69) is 13.6 Å². The minimum Gasteiger partial charge on any atom is -0.394 e. The fourth-order valence-electron chi connectivity index (χ4n) is 1.79. The van der Waals surface area contributed by atoms with E-state index in [1.807, 2.05) is 0 Å². The van der Waals surface area contributed by atoms with Crippen molar-refractivity contribution < 1.29 is 82.7 Å². The summed E-state index contributed by atoms with van der Waals surface area (Å²) in [5.41, 5.74) is 0. The molecule has 0 heterocycles. The van der Waals surface area contributed by atoms with Gasteiger partial charge in [0.2, 0.25) is 0 Å². The summed E-state index contributed by atoms with van der Waals surface area (Å²) in [6.07, 6.45) is -16.1. The molecular formula is C12H24O17P2. The molecule has 0 saturated heterocycles. The lowest BCUT2D eigenvalue weighted by Crippen LogP contribution is -2.47. The Morgan fingerprint density at radius 2 is 1.42 bits per heavy atom. The molecule has 0 radical (unpaired) electrons. The van der Waals surface area contributed by atoms with Crippen LogP contribution in [-0.2, 0) is 32.3 Å². The zero-order valence-corrected chi connectivity index (χ0v) is 17.3. The highest BCUT2D eigenvalue weighted by Crippen LogP contribution is 2.45. The fraction of sp³-hybridized carbons (Fsp3) is 0.833. The van der Waals surface area contributed by atoms with Crippen LogP contribution in [-0.4, -0.2) is 125 Å². The second-order valence-corrected chi connectivity index (χ2v) is 8.58. The van der Waals surface area contributed by atoms with Crippen LogP contribution in [0.25, 0.3) is 0 Å². The third kappa shape index (κ3) is 11.1. The van der Waals surface area contributed by atoms with Crippen molar-refractivity contribution in [2.45, 2.75) is 42.7 Å². The van der Waals surface area contributed by atoms with Gasteiger partial charge in [0.25, 0.3) is 0 Å². The van der Waals surface area contributed by atoms with Crippen LogP contribution >= 0.6 is 15.6 Å². The van der Waals surface area contributed by atoms with E-state index < -0.39 is 84.0 Å². The monoisotopic (exact) mass is 502 g/mol. The molecule has 1 unspecified atom stereocenters. The predicted octanol–water partition coefficient (Wildman–Crippen LogP) is -5.48. The summed E-state index contributed by atoms with van der Waals surface area (Å²) in [5.74, 6) is -1.45. The first kappa shape index (κ1) is 30.3. The molecule has 0 aromatic carbocycles. The standard InChI is InChI=1S/C12H24O17P2/c13-1-5(15)9(18)10(19)7(17)4-28-31(25,26)29-8(2-14)12(21)11(20)6(16)3-27-30(22,23)24/h2,5-6,8-13,15-16,18-21H,1,3-4H2,(H,25,26)(H2,22,23,24)/t5-,6-,8-,9-,10-,11-,12-/m1/s1. The smallest absolute Gasteiger partial charge is 0.394 e. The molecule has 31 heavy (non-hydrogen) atoms. The van der Waals surface area contributed by atoms with Gasteiger partial charge in [0.1, 0.15) is 43.2 Å². The molecule has 0 rings (SSSR count). The van der Waals surface area contributed by atoms with Crippen molar-refractivity contribution in [1.82, 2.24) is 0 Å². The number of ketones is 1. The Morgan fingerprint density at radius 1 is 0.871 bits per heavy atom. The molecule has 10 N–H and O–H groups in total. The van der Waals surface area contributed by atoms with Crippen molar-refractivity contribution in [1.29, 1.82) is 0 Å². The average Bonchev–Trinajstić information content (AvgIpc) is 2.70. The molecule has 0 aliphatic heterocycles. The SMILES string of the molecule is O=C[C@@H](OP(=O)(O)OCC(=O)[C@@H](O)[C@H](O)[C@H](O)CO)[C@@H](O)[C@H](O)[C@H](O)COP(=O)(O)O. The minimum atomic E-state index is -5.35. The zero-order chi connectivity index (χ0) is 24.6. The van der Waals surface area contributed by atoms with E-state index in [0.717, 1.165) is 0 Å². The molecule has 0 aliphatic carbocycles. The number of hydrogen-bond donors (Lipinski definition) is 10. The molecule has 0 fully saturated rings. The van der Waals surface area contributed by atoms with Crippen molar-refractivity contribution in [2.75, 3.05) is 19.8 Å². The fourth-order valence-corrected chi connectivity index (χ4v) is 2.97. The molecule has 17 nitrogen and oxygen atoms in total. The number of rotatable bonds is 16. The summed E-state index contributed by atoms with van der Waals surface area (Å²) < 4.78 is 34.6. The van der Waals surface area contributed by atoms with Crippen LogP contribution in [0.3, 0.4) is 0 Å². The highest BCUT2D eigenvalue weighted by atomic mass is 31.2. The number of phosphoric acid groups is 2. The van der Waals surface area contributed by atoms with Crippen LogP contribution in [0.15, 0.2) is 0 Å². The minimum absolute atomic E-state index is 0.311. The number of phosphoric ester groups is 2. The zero-order valence-electron chi connectivity index (χ0n) is 15.5. The Morgan fingerprint density at radius 3 is 1.87 bits per heavy atom. The Labute approximate surface area is 173 Å². The van der Waals surface area contributed by atoms with E-state index in [1.165, 1.54) is 0 Å². The lowest BCUT2D eigenvalue weighted by molar-refractivity contribution is -0.143. The normalized spacial score (nSPS) is 21.2. The number of hydrogen-bond acceptors (Lipinski definition) is 14. The Hall–Kier alpha value is -0.720. The Bertz CT molecular complexity index is 665. The highest BCUT2D eigenvalue weighted by Gasteiger charge is 2.39. The summed E-state index contributed by atoms with van der Waals surface area (Å²) in [6.45, 7) is -3.65. The number of aliphatic hydroxyl groups excluding tert-OH is 7. The molecule has 184 valence electrons. The Kier molecular flexibility index (Phi) is 12.8. The summed E-state index contributed by atoms with van der Waals surface area (Å²) >= 11 is 0. The van der Waals surface area contributed by atoms with Crippen LogP contribution in [0.2, 0.25) is 0 Å². The van der Waals surface area contributed by atoms with Crippen molar-refractivity contribution in [3.8, 4) is 0 Å². The molecule has 0 saturated carbocycles. The van der Waals surface area contributed by atoms with Gasteiger partial charge in [-0.15, -0.1) is 0 Å². The first-order valence-electron chi connectivity index (χ1n) is 8.09. The van der Waals surface area contributed by atoms with Crippen LogP contribution in [0, 0.1) is 0 Å². The summed E-state index contributed by atoms with van der Waals surface area (Å²) in [7, 11) is -10.4. The number of aliphatic hydroxyl groups is 7. The third-order valence-electron chi connectivity index (χ3n) is 3.49. The molecule has 0 aromatic rings. The van der Waals surface area contributed by atoms with Crippen molar-refractivity contribution in [3.05, 3.63) is 0 Å². The van der Waals surface area contributed by atoms with Gasteiger partial charge < -0.3 is 55.2 Å². The maximum atomic E-state index is 11.8. The van der Waals surface area contributed by atoms with Crippen LogP contribution in [0.1, 0.15) is 0 Å². The Balaban J connectivity index is 4.93. The van der Waals surface area contributed by atoms with Gasteiger partial charge in [0.15, 0.2) is 18.2 Å². The molecule has 0 aromatic heterocycles. The molecule has 0 amide bonds. The van der Waals surface area contributed by atoms with Gasteiger partial charge >= 0.3 is 15.6 Å². The van der Waals surface area contributed by atoms with Crippen molar-refractivity contribution in [2.24, 2.45) is 0 Å². The molecular weight excluding hydrogens is 478 g/mol. The highest BCUT2D eigenvalue weighted by molar-refractivity contribution is 7.47. The van der Waals surface area contributed by atoms with Gasteiger partial charge in [-0.25, -0.2) is 9.13 Å². The van der Waals surface area contributed by atoms with Gasteiger partial charge in [-0.05, 0) is 0 Å². The van der Waals surface area contributed by atoms with E-state index in [-0.39, 0.29) is 6.29 Å². The van der Waals surface area contributed by atoms with Crippen LogP contribution in [0.5, 0.6) is 0 Å². The van der Waals surface area contributed by atoms with Crippen LogP contribution in [0.4, 0.5) is 0 Å². The van der Waals surface area contributed by atoms with Gasteiger partial charge in [-0.2, -0.15) is 0 Å². The van der Waals surface area contributed by atoms with E-state index >= 15 is 0 Å². The predicted molar refractivity (Wildman–Crippen MR) is 92.8 cm³/mol. The van der Waals surface area contributed by atoms with E-state index in [1.54, 1.807) is 0 Å². The van der Waals surface area contributed by atoms with Gasteiger partial charge in [-0.1, -0.05) is 0 Å². The lowest BCUT2D eigenvalue weighted by Gasteiger charge is -2.27. The van der Waals surface area contributed by atoms with Gasteiger partial charge in [-0.3, -0.25) is 18.4 Å². The quantitative estimate of drug-likeness (QED) is 0.0695. The van der Waals surface area contributed by atoms with Gasteiger partial charge in [0.05, 0.1) is 13.2 Å². The van der Waals surface area contributed by atoms with E-state index in [4.69, 9.17) is 20.0 Å². The molecule has 0 aliphatic rings. The molecule has 0 spiro atoms. The average molecular weight is 502 g/mol. The molecule has 0 bridgehead atoms. The maximum Gasteiger partial charge on any atom is 0.473 e. The lowest BCUT2D eigenvalue weighted by atomic mass is 10.0. The summed E-state index contributed by atoms with van der Waals surface area (Å²) in [6, 6.07) is 0. The van der Waals surface area contributed by atoms with Crippen molar-refractivity contribution >= 4 is 27.7 Å². The van der Waals surface area contributed by atoms with E-state index in [9.17, 15) is 49.1 Å². The largest absolute Gasteiger partial charge is 0.473 e. The first-order valence-corrected chi connectivity index (χ1v) is 11.1. The topological polar surface area (TPSA) is 298 Å². The maximum absolute atomic E-state index is 11.8. The summed E-state index contributed by atoms with van der Waals surface area (Å²) in [5, 5.41) is 65.5. The first-order chi connectivity index (χ1) is 14.1. The second-order valence-electron chi connectivity index (χ2n) is 5.93. The number of aldehydes is 1. The number of carbonyl (C=O) groups excluding carboxylic acids is 2. The number of carbonyl (C=O) groups is 2. The molecule has 8 atom stereocenters. The number of Topliss-reactive ketones (excluding diaryl/α,β-unsaturated/α-hetero) is 1. The van der Waals surface area contributed by atoms with Gasteiger partial charge in [0, 0.05) is 0 Å². The molecule has 19 heteroatoms. The van der Waals surface area contributed by atoms with Crippen molar-refractivity contribution in [3.63, 3.8) is 0 Å². The second kappa shape index (κ2) is 13.1. The summed E-state index contributed by atoms with van der Waals surface area (Å²) in [4.78, 5) is 49.1. The van der Waals surface area contributed by atoms with Crippen LogP contribution < -0.4 is 0 Å². The third-order valence-corrected chi connectivity index (χ3v) is 4.94. The van der Waals surface area contributed by atoms with E-state index in [0.29, 0.717) is 0 Å².